The first kappa shape index (κ1) is 18.7. The highest BCUT2D eigenvalue weighted by molar-refractivity contribution is 5.99. The molecule has 0 saturated carbocycles. The molecule has 0 fully saturated rings. The number of primary amides is 1. The highest BCUT2D eigenvalue weighted by Crippen LogP contribution is 2.24. The summed E-state index contributed by atoms with van der Waals surface area (Å²) in [5, 5.41) is 8.77. The number of H-pyrrole nitrogens is 1. The summed E-state index contributed by atoms with van der Waals surface area (Å²) in [6, 6.07) is 11.2. The van der Waals surface area contributed by atoms with Gasteiger partial charge in [0, 0.05) is 41.5 Å². The second kappa shape index (κ2) is 7.52. The number of anilines is 1. The van der Waals surface area contributed by atoms with Crippen molar-refractivity contribution in [2.24, 2.45) is 5.73 Å². The Bertz CT molecular complexity index is 1420. The van der Waals surface area contributed by atoms with Gasteiger partial charge in [0.15, 0.2) is 5.65 Å². The van der Waals surface area contributed by atoms with Crippen LogP contribution in [0.1, 0.15) is 15.9 Å². The fourth-order valence-electron chi connectivity index (χ4n) is 3.63. The molecule has 0 aliphatic rings. The van der Waals surface area contributed by atoms with E-state index in [1.807, 2.05) is 24.4 Å². The van der Waals surface area contributed by atoms with Gasteiger partial charge in [-0.3, -0.25) is 9.78 Å². The van der Waals surface area contributed by atoms with Crippen LogP contribution in [0.3, 0.4) is 0 Å². The third-order valence-corrected chi connectivity index (χ3v) is 5.11. The van der Waals surface area contributed by atoms with Gasteiger partial charge in [0.2, 0.25) is 0 Å². The smallest absolute Gasteiger partial charge is 0.254 e. The lowest BCUT2D eigenvalue weighted by Crippen LogP contribution is -2.13. The second-order valence-corrected chi connectivity index (χ2v) is 7.11. The highest BCUT2D eigenvalue weighted by atomic mass is 19.1. The fourth-order valence-corrected chi connectivity index (χ4v) is 3.63. The van der Waals surface area contributed by atoms with Crippen LogP contribution in [0.2, 0.25) is 0 Å². The lowest BCUT2D eigenvalue weighted by Gasteiger charge is -2.11. The van der Waals surface area contributed by atoms with Crippen LogP contribution in [0.4, 0.5) is 10.2 Å². The Morgan fingerprint density at radius 3 is 2.90 bits per heavy atom. The molecule has 1 aromatic carbocycles. The van der Waals surface area contributed by atoms with Crippen molar-refractivity contribution in [2.45, 2.75) is 6.42 Å². The van der Waals surface area contributed by atoms with Crippen LogP contribution < -0.4 is 11.1 Å². The van der Waals surface area contributed by atoms with Crippen LogP contribution in [0.15, 0.2) is 61.2 Å². The SMILES string of the molecule is NC(=O)c1cnn2c(NCCc3c[nH]c4ccccc34)cc(-c3cncc(F)c3)nc12. The maximum Gasteiger partial charge on any atom is 0.254 e. The van der Waals surface area contributed by atoms with Crippen molar-refractivity contribution in [1.29, 1.82) is 0 Å². The summed E-state index contributed by atoms with van der Waals surface area (Å²) in [4.78, 5) is 23.4. The van der Waals surface area contributed by atoms with Crippen molar-refractivity contribution < 1.29 is 9.18 Å². The summed E-state index contributed by atoms with van der Waals surface area (Å²) in [5.41, 5.74) is 9.17. The number of nitrogens with one attached hydrogen (secondary N) is 2. The number of hydrogen-bond acceptors (Lipinski definition) is 5. The monoisotopic (exact) mass is 415 g/mol. The van der Waals surface area contributed by atoms with E-state index in [2.05, 4.69) is 31.4 Å². The minimum absolute atomic E-state index is 0.186. The van der Waals surface area contributed by atoms with Gasteiger partial charge in [-0.05, 0) is 24.1 Å². The predicted octanol–water partition coefficient (Wildman–Crippen LogP) is 3.17. The van der Waals surface area contributed by atoms with E-state index in [1.54, 1.807) is 6.07 Å². The third kappa shape index (κ3) is 3.46. The number of rotatable bonds is 6. The first-order chi connectivity index (χ1) is 15.1. The Morgan fingerprint density at radius 2 is 2.06 bits per heavy atom. The molecule has 0 bridgehead atoms. The lowest BCUT2D eigenvalue weighted by atomic mass is 10.1. The third-order valence-electron chi connectivity index (χ3n) is 5.11. The maximum atomic E-state index is 13.7. The van der Waals surface area contributed by atoms with E-state index >= 15 is 0 Å². The van der Waals surface area contributed by atoms with Gasteiger partial charge < -0.3 is 16.0 Å². The van der Waals surface area contributed by atoms with Crippen molar-refractivity contribution in [3.63, 3.8) is 0 Å². The van der Waals surface area contributed by atoms with E-state index in [1.165, 1.54) is 33.9 Å². The zero-order valence-corrected chi connectivity index (χ0v) is 16.3. The number of amides is 1. The molecule has 4 N–H and O–H groups in total. The molecular formula is C22H18FN7O. The molecule has 4 heterocycles. The highest BCUT2D eigenvalue weighted by Gasteiger charge is 2.16. The first-order valence-corrected chi connectivity index (χ1v) is 9.68. The van der Waals surface area contributed by atoms with Gasteiger partial charge in [-0.15, -0.1) is 0 Å². The molecule has 0 radical (unpaired) electrons. The van der Waals surface area contributed by atoms with E-state index < -0.39 is 11.7 Å². The van der Waals surface area contributed by atoms with Crippen molar-refractivity contribution >= 4 is 28.3 Å². The summed E-state index contributed by atoms with van der Waals surface area (Å²) < 4.78 is 15.2. The number of benzene rings is 1. The molecule has 0 atom stereocenters. The molecule has 0 aliphatic heterocycles. The summed E-state index contributed by atoms with van der Waals surface area (Å²) in [6.07, 6.45) is 6.77. The zero-order chi connectivity index (χ0) is 21.4. The van der Waals surface area contributed by atoms with E-state index in [-0.39, 0.29) is 5.56 Å². The minimum Gasteiger partial charge on any atom is -0.370 e. The number of aromatic amines is 1. The predicted molar refractivity (Wildman–Crippen MR) is 115 cm³/mol. The van der Waals surface area contributed by atoms with Crippen LogP contribution in [0.25, 0.3) is 27.8 Å². The number of carbonyl (C=O) groups is 1. The number of carbonyl (C=O) groups excluding carboxylic acids is 1. The molecule has 5 aromatic rings. The Balaban J connectivity index is 1.50. The summed E-state index contributed by atoms with van der Waals surface area (Å²) in [5.74, 6) is -0.505. The summed E-state index contributed by atoms with van der Waals surface area (Å²) in [7, 11) is 0. The number of nitrogens with zero attached hydrogens (tertiary/aromatic N) is 4. The summed E-state index contributed by atoms with van der Waals surface area (Å²) in [6.45, 7) is 0.605. The van der Waals surface area contributed by atoms with Crippen LogP contribution in [-0.4, -0.2) is 37.0 Å². The van der Waals surface area contributed by atoms with Gasteiger partial charge in [0.05, 0.1) is 18.1 Å². The molecule has 1 amide bonds. The van der Waals surface area contributed by atoms with Crippen molar-refractivity contribution in [2.75, 3.05) is 11.9 Å². The van der Waals surface area contributed by atoms with Crippen LogP contribution in [0.5, 0.6) is 0 Å². The van der Waals surface area contributed by atoms with Crippen molar-refractivity contribution in [1.82, 2.24) is 24.6 Å². The second-order valence-electron chi connectivity index (χ2n) is 7.11. The maximum absolute atomic E-state index is 13.7. The minimum atomic E-state index is -0.637. The van der Waals surface area contributed by atoms with E-state index in [0.29, 0.717) is 29.3 Å². The molecule has 31 heavy (non-hydrogen) atoms. The molecule has 9 heteroatoms. The van der Waals surface area contributed by atoms with Gasteiger partial charge in [-0.1, -0.05) is 18.2 Å². The molecule has 8 nitrogen and oxygen atoms in total. The number of para-hydroxylation sites is 1. The van der Waals surface area contributed by atoms with E-state index in [0.717, 1.165) is 18.1 Å². The lowest BCUT2D eigenvalue weighted by molar-refractivity contribution is 0.100. The van der Waals surface area contributed by atoms with Crippen molar-refractivity contribution in [3.8, 4) is 11.3 Å². The topological polar surface area (TPSA) is 114 Å². The zero-order valence-electron chi connectivity index (χ0n) is 16.3. The number of nitrogens with two attached hydrogens (primary N) is 1. The standard InChI is InChI=1S/C22H18FN7O/c23-15-7-14(9-25-11-15)19-8-20(30-22(29-19)17(12-28-30)21(24)31)26-6-5-13-10-27-18-4-2-1-3-16(13)18/h1-4,7-12,26-27H,5-6H2,(H2,24,31). The van der Waals surface area contributed by atoms with Gasteiger partial charge in [-0.25, -0.2) is 9.37 Å². The van der Waals surface area contributed by atoms with Crippen LogP contribution in [-0.2, 0) is 6.42 Å². The fraction of sp³-hybridized carbons (Fsp3) is 0.0909. The largest absolute Gasteiger partial charge is 0.370 e. The van der Waals surface area contributed by atoms with Crippen LogP contribution in [0, 0.1) is 5.82 Å². The normalized spacial score (nSPS) is 11.3. The number of fused-ring (bicyclic) bond motifs is 2. The van der Waals surface area contributed by atoms with Crippen molar-refractivity contribution in [3.05, 3.63) is 78.1 Å². The van der Waals surface area contributed by atoms with E-state index in [4.69, 9.17) is 5.73 Å². The summed E-state index contributed by atoms with van der Waals surface area (Å²) >= 11 is 0. The van der Waals surface area contributed by atoms with Gasteiger partial charge in [0.1, 0.15) is 17.2 Å². The first-order valence-electron chi connectivity index (χ1n) is 9.68. The number of aromatic nitrogens is 5. The van der Waals surface area contributed by atoms with Gasteiger partial charge in [0.25, 0.3) is 5.91 Å². The molecule has 154 valence electrons. The molecule has 0 unspecified atom stereocenters. The molecule has 0 saturated heterocycles. The number of halogens is 1. The van der Waals surface area contributed by atoms with Gasteiger partial charge in [-0.2, -0.15) is 9.61 Å². The Morgan fingerprint density at radius 1 is 1.19 bits per heavy atom. The molecule has 0 spiro atoms. The number of pyridine rings is 1. The Hall–Kier alpha value is -4.27. The Kier molecular flexibility index (Phi) is 4.55. The van der Waals surface area contributed by atoms with Gasteiger partial charge >= 0.3 is 0 Å². The molecule has 4 aromatic heterocycles. The number of hydrogen-bond donors (Lipinski definition) is 3. The average Bonchev–Trinajstić information content (AvgIpc) is 3.38. The molecular weight excluding hydrogens is 397 g/mol. The van der Waals surface area contributed by atoms with Crippen LogP contribution >= 0.6 is 0 Å². The Labute approximate surface area is 175 Å². The molecule has 5 rings (SSSR count). The quantitative estimate of drug-likeness (QED) is 0.394. The molecule has 0 aliphatic carbocycles. The average molecular weight is 415 g/mol. The van der Waals surface area contributed by atoms with E-state index in [9.17, 15) is 9.18 Å².